The van der Waals surface area contributed by atoms with E-state index in [4.69, 9.17) is 5.73 Å². The first-order valence-corrected chi connectivity index (χ1v) is 7.52. The number of rotatable bonds is 6. The Hall–Kier alpha value is -0.0800. The van der Waals surface area contributed by atoms with Crippen molar-refractivity contribution in [1.29, 1.82) is 0 Å². The van der Waals surface area contributed by atoms with Crippen molar-refractivity contribution in [3.63, 3.8) is 0 Å². The molecular weight excluding hydrogens is 208 g/mol. The van der Waals surface area contributed by atoms with Gasteiger partial charge in [0.25, 0.3) is 0 Å². The lowest BCUT2D eigenvalue weighted by molar-refractivity contribution is 0.0806. The molecule has 0 spiro atoms. The van der Waals surface area contributed by atoms with Gasteiger partial charge < -0.3 is 5.73 Å². The molecule has 1 unspecified atom stereocenters. The molecule has 2 N–H and O–H groups in total. The predicted molar refractivity (Wildman–Crippen MR) is 76.1 cm³/mol. The molecule has 17 heavy (non-hydrogen) atoms. The second kappa shape index (κ2) is 7.38. The molecule has 1 aliphatic rings. The van der Waals surface area contributed by atoms with E-state index >= 15 is 0 Å². The monoisotopic (exact) mass is 240 g/mol. The van der Waals surface area contributed by atoms with Crippen LogP contribution in [0.1, 0.15) is 59.8 Å². The summed E-state index contributed by atoms with van der Waals surface area (Å²) in [4.78, 5) is 2.65. The van der Waals surface area contributed by atoms with Crippen molar-refractivity contribution in [2.75, 3.05) is 13.1 Å². The molecule has 0 bridgehead atoms. The van der Waals surface area contributed by atoms with E-state index in [1.165, 1.54) is 38.6 Å². The van der Waals surface area contributed by atoms with Crippen molar-refractivity contribution in [3.8, 4) is 0 Å². The molecule has 0 amide bonds. The second-order valence-corrected chi connectivity index (χ2v) is 6.39. The average molecular weight is 240 g/mol. The van der Waals surface area contributed by atoms with Crippen LogP contribution in [0, 0.1) is 11.8 Å². The third-order valence-corrected chi connectivity index (χ3v) is 4.10. The lowest BCUT2D eigenvalue weighted by atomic mass is 9.82. The molecule has 0 aromatic rings. The summed E-state index contributed by atoms with van der Waals surface area (Å²) < 4.78 is 0. The summed E-state index contributed by atoms with van der Waals surface area (Å²) in [6.45, 7) is 11.3. The van der Waals surface area contributed by atoms with Gasteiger partial charge in [0.1, 0.15) is 0 Å². The number of hydrogen-bond acceptors (Lipinski definition) is 2. The van der Waals surface area contributed by atoms with Crippen LogP contribution in [-0.4, -0.2) is 30.1 Å². The van der Waals surface area contributed by atoms with Crippen LogP contribution in [0.2, 0.25) is 0 Å². The highest BCUT2D eigenvalue weighted by Gasteiger charge is 2.29. The van der Waals surface area contributed by atoms with Gasteiger partial charge in [-0.15, -0.1) is 0 Å². The van der Waals surface area contributed by atoms with E-state index in [1.807, 2.05) is 0 Å². The van der Waals surface area contributed by atoms with Gasteiger partial charge in [-0.25, -0.2) is 0 Å². The van der Waals surface area contributed by atoms with Crippen LogP contribution in [0.4, 0.5) is 0 Å². The highest BCUT2D eigenvalue weighted by molar-refractivity contribution is 4.84. The smallest absolute Gasteiger partial charge is 0.0249 e. The molecule has 0 saturated heterocycles. The summed E-state index contributed by atoms with van der Waals surface area (Å²) in [6, 6.07) is 1.23. The van der Waals surface area contributed by atoms with Gasteiger partial charge >= 0.3 is 0 Å². The Bertz CT molecular complexity index is 195. The van der Waals surface area contributed by atoms with Crippen LogP contribution < -0.4 is 5.73 Å². The summed E-state index contributed by atoms with van der Waals surface area (Å²) in [7, 11) is 0. The number of nitrogens with zero attached hydrogens (tertiary/aromatic N) is 1. The summed E-state index contributed by atoms with van der Waals surface area (Å²) in [6.07, 6.45) is 7.04. The average Bonchev–Trinajstić information content (AvgIpc) is 2.29. The summed E-state index contributed by atoms with van der Waals surface area (Å²) >= 11 is 0. The maximum absolute atomic E-state index is 6.08. The zero-order valence-corrected chi connectivity index (χ0v) is 12.3. The fraction of sp³-hybridized carbons (Fsp3) is 1.00. The fourth-order valence-electron chi connectivity index (χ4n) is 3.27. The van der Waals surface area contributed by atoms with E-state index < -0.39 is 0 Å². The highest BCUT2D eigenvalue weighted by Crippen LogP contribution is 2.29. The fourth-order valence-corrected chi connectivity index (χ4v) is 3.27. The first kappa shape index (κ1) is 15.0. The van der Waals surface area contributed by atoms with Crippen LogP contribution >= 0.6 is 0 Å². The summed E-state index contributed by atoms with van der Waals surface area (Å²) in [5.41, 5.74) is 6.08. The van der Waals surface area contributed by atoms with E-state index in [-0.39, 0.29) is 0 Å². The van der Waals surface area contributed by atoms with Crippen LogP contribution in [0.15, 0.2) is 0 Å². The molecule has 0 aromatic carbocycles. The van der Waals surface area contributed by atoms with Gasteiger partial charge in [0, 0.05) is 25.2 Å². The number of nitrogens with two attached hydrogens (primary N) is 1. The quantitative estimate of drug-likeness (QED) is 0.772. The standard InChI is InChI=1S/C15H32N2/c1-12(2)11-17(13(3)4)15(10-16)14-8-6-5-7-9-14/h12-15H,5-11,16H2,1-4H3. The van der Waals surface area contributed by atoms with Crippen molar-refractivity contribution >= 4 is 0 Å². The zero-order chi connectivity index (χ0) is 12.8. The minimum absolute atomic E-state index is 0.609. The number of hydrogen-bond donors (Lipinski definition) is 1. The topological polar surface area (TPSA) is 29.3 Å². The maximum atomic E-state index is 6.08. The predicted octanol–water partition coefficient (Wildman–Crippen LogP) is 3.26. The molecule has 0 heterocycles. The van der Waals surface area contributed by atoms with Gasteiger partial charge in [-0.2, -0.15) is 0 Å². The molecular formula is C15H32N2. The van der Waals surface area contributed by atoms with Gasteiger partial charge in [0.15, 0.2) is 0 Å². The third kappa shape index (κ3) is 4.59. The van der Waals surface area contributed by atoms with Crippen LogP contribution in [0.5, 0.6) is 0 Å². The van der Waals surface area contributed by atoms with Crippen molar-refractivity contribution in [1.82, 2.24) is 4.90 Å². The molecule has 1 aliphatic carbocycles. The van der Waals surface area contributed by atoms with Crippen molar-refractivity contribution in [2.24, 2.45) is 17.6 Å². The Morgan fingerprint density at radius 2 is 1.65 bits per heavy atom. The molecule has 1 rings (SSSR count). The molecule has 1 fully saturated rings. The van der Waals surface area contributed by atoms with E-state index in [2.05, 4.69) is 32.6 Å². The molecule has 1 saturated carbocycles. The van der Waals surface area contributed by atoms with Crippen molar-refractivity contribution < 1.29 is 0 Å². The molecule has 2 nitrogen and oxygen atoms in total. The van der Waals surface area contributed by atoms with E-state index in [0.29, 0.717) is 12.1 Å². The van der Waals surface area contributed by atoms with E-state index in [1.54, 1.807) is 0 Å². The normalized spacial score (nSPS) is 20.5. The Balaban J connectivity index is 2.65. The Morgan fingerprint density at radius 3 is 2.06 bits per heavy atom. The molecule has 0 radical (unpaired) electrons. The van der Waals surface area contributed by atoms with Gasteiger partial charge in [-0.05, 0) is 38.5 Å². The lowest BCUT2D eigenvalue weighted by Gasteiger charge is -2.41. The highest BCUT2D eigenvalue weighted by atomic mass is 15.2. The van der Waals surface area contributed by atoms with Gasteiger partial charge in [-0.1, -0.05) is 33.1 Å². The first-order valence-electron chi connectivity index (χ1n) is 7.52. The lowest BCUT2D eigenvalue weighted by Crippen LogP contribution is -2.50. The maximum Gasteiger partial charge on any atom is 0.0249 e. The van der Waals surface area contributed by atoms with Gasteiger partial charge in [-0.3, -0.25) is 4.90 Å². The van der Waals surface area contributed by atoms with Gasteiger partial charge in [0.2, 0.25) is 0 Å². The second-order valence-electron chi connectivity index (χ2n) is 6.39. The summed E-state index contributed by atoms with van der Waals surface area (Å²) in [5.74, 6) is 1.57. The van der Waals surface area contributed by atoms with Gasteiger partial charge in [0.05, 0.1) is 0 Å². The minimum atomic E-state index is 0.609. The van der Waals surface area contributed by atoms with E-state index in [9.17, 15) is 0 Å². The van der Waals surface area contributed by atoms with Crippen LogP contribution in [0.3, 0.4) is 0 Å². The van der Waals surface area contributed by atoms with Crippen molar-refractivity contribution in [2.45, 2.75) is 71.9 Å². The largest absolute Gasteiger partial charge is 0.329 e. The minimum Gasteiger partial charge on any atom is -0.329 e. The zero-order valence-electron chi connectivity index (χ0n) is 12.3. The molecule has 0 aromatic heterocycles. The molecule has 102 valence electrons. The molecule has 0 aliphatic heterocycles. The Morgan fingerprint density at radius 1 is 1.06 bits per heavy atom. The first-order chi connectivity index (χ1) is 8.06. The molecule has 2 heteroatoms. The van der Waals surface area contributed by atoms with Crippen molar-refractivity contribution in [3.05, 3.63) is 0 Å². The Labute approximate surface area is 108 Å². The molecule has 1 atom stereocenters. The van der Waals surface area contributed by atoms with Crippen LogP contribution in [-0.2, 0) is 0 Å². The SMILES string of the molecule is CC(C)CN(C(C)C)C(CN)C1CCCCC1. The van der Waals surface area contributed by atoms with E-state index in [0.717, 1.165) is 18.4 Å². The van der Waals surface area contributed by atoms with Crippen LogP contribution in [0.25, 0.3) is 0 Å². The third-order valence-electron chi connectivity index (χ3n) is 4.10. The summed E-state index contributed by atoms with van der Waals surface area (Å²) in [5, 5.41) is 0. The Kier molecular flexibility index (Phi) is 6.50.